The van der Waals surface area contributed by atoms with E-state index in [0.717, 1.165) is 24.5 Å². The summed E-state index contributed by atoms with van der Waals surface area (Å²) in [6, 6.07) is 0. The first-order valence-electron chi connectivity index (χ1n) is 5.25. The molecule has 0 unspecified atom stereocenters. The molecule has 0 spiro atoms. The van der Waals surface area contributed by atoms with Crippen LogP contribution in [-0.4, -0.2) is 9.97 Å². The third-order valence-electron chi connectivity index (χ3n) is 3.03. The Morgan fingerprint density at radius 1 is 1.21 bits per heavy atom. The van der Waals surface area contributed by atoms with Crippen LogP contribution in [0.25, 0.3) is 0 Å². The van der Waals surface area contributed by atoms with Gasteiger partial charge in [0.25, 0.3) is 0 Å². The molecule has 14 heavy (non-hydrogen) atoms. The average molecular weight is 190 g/mol. The van der Waals surface area contributed by atoms with Crippen molar-refractivity contribution in [2.45, 2.75) is 38.0 Å². The normalized spacial score (nSPS) is 19.5. The van der Waals surface area contributed by atoms with Crippen LogP contribution in [0.1, 0.15) is 42.3 Å². The van der Waals surface area contributed by atoms with Crippen molar-refractivity contribution in [3.05, 3.63) is 17.1 Å². The second kappa shape index (κ2) is 2.92. The fourth-order valence-corrected chi connectivity index (χ4v) is 2.10. The van der Waals surface area contributed by atoms with Gasteiger partial charge >= 0.3 is 0 Å². The SMILES string of the molecule is NNc1nc(C2CC2)nc2c1CCC2. The summed E-state index contributed by atoms with van der Waals surface area (Å²) < 4.78 is 0. The molecule has 4 nitrogen and oxygen atoms in total. The largest absolute Gasteiger partial charge is 0.308 e. The maximum absolute atomic E-state index is 5.47. The smallest absolute Gasteiger partial charge is 0.147 e. The molecule has 0 amide bonds. The molecule has 4 heteroatoms. The van der Waals surface area contributed by atoms with E-state index in [2.05, 4.69) is 15.4 Å². The van der Waals surface area contributed by atoms with E-state index < -0.39 is 0 Å². The Morgan fingerprint density at radius 2 is 2.07 bits per heavy atom. The van der Waals surface area contributed by atoms with E-state index in [1.54, 1.807) is 0 Å². The van der Waals surface area contributed by atoms with Crippen LogP contribution in [0, 0.1) is 0 Å². The van der Waals surface area contributed by atoms with Crippen molar-refractivity contribution in [3.8, 4) is 0 Å². The van der Waals surface area contributed by atoms with Crippen LogP contribution in [0.15, 0.2) is 0 Å². The third kappa shape index (κ3) is 1.18. The van der Waals surface area contributed by atoms with Crippen LogP contribution in [0.5, 0.6) is 0 Å². The Labute approximate surface area is 82.9 Å². The number of hydrogen-bond acceptors (Lipinski definition) is 4. The lowest BCUT2D eigenvalue weighted by Crippen LogP contribution is -2.13. The van der Waals surface area contributed by atoms with Crippen LogP contribution >= 0.6 is 0 Å². The molecular formula is C10H14N4. The molecule has 0 aromatic carbocycles. The van der Waals surface area contributed by atoms with Gasteiger partial charge in [-0.1, -0.05) is 0 Å². The van der Waals surface area contributed by atoms with Gasteiger partial charge in [-0.2, -0.15) is 0 Å². The Morgan fingerprint density at radius 3 is 2.79 bits per heavy atom. The summed E-state index contributed by atoms with van der Waals surface area (Å²) in [5.74, 6) is 7.93. The molecule has 3 rings (SSSR count). The molecule has 74 valence electrons. The zero-order chi connectivity index (χ0) is 9.54. The summed E-state index contributed by atoms with van der Waals surface area (Å²) in [5, 5.41) is 0. The molecule has 1 fully saturated rings. The number of rotatable bonds is 2. The van der Waals surface area contributed by atoms with Crippen molar-refractivity contribution in [1.29, 1.82) is 0 Å². The summed E-state index contributed by atoms with van der Waals surface area (Å²) in [5.41, 5.74) is 5.15. The van der Waals surface area contributed by atoms with Gasteiger partial charge in [0.1, 0.15) is 11.6 Å². The van der Waals surface area contributed by atoms with Crippen LogP contribution in [0.3, 0.4) is 0 Å². The van der Waals surface area contributed by atoms with Gasteiger partial charge in [0.2, 0.25) is 0 Å². The predicted octanol–water partition coefficient (Wildman–Crippen LogP) is 1.13. The number of hydrogen-bond donors (Lipinski definition) is 2. The first kappa shape index (κ1) is 8.17. The third-order valence-corrected chi connectivity index (χ3v) is 3.03. The highest BCUT2D eigenvalue weighted by Gasteiger charge is 2.29. The zero-order valence-corrected chi connectivity index (χ0v) is 8.08. The fourth-order valence-electron chi connectivity index (χ4n) is 2.10. The minimum absolute atomic E-state index is 0.605. The molecule has 1 saturated carbocycles. The molecule has 0 bridgehead atoms. The van der Waals surface area contributed by atoms with Crippen molar-refractivity contribution in [2.24, 2.45) is 5.84 Å². The second-order valence-electron chi connectivity index (χ2n) is 4.13. The molecule has 1 heterocycles. The van der Waals surface area contributed by atoms with Crippen molar-refractivity contribution >= 4 is 5.82 Å². The Hall–Kier alpha value is -1.16. The van der Waals surface area contributed by atoms with E-state index in [1.165, 1.54) is 30.5 Å². The minimum Gasteiger partial charge on any atom is -0.308 e. The van der Waals surface area contributed by atoms with Crippen molar-refractivity contribution in [3.63, 3.8) is 0 Å². The molecule has 0 saturated heterocycles. The lowest BCUT2D eigenvalue weighted by molar-refractivity contribution is 0.872. The Kier molecular flexibility index (Phi) is 1.70. The highest BCUT2D eigenvalue weighted by atomic mass is 15.3. The fraction of sp³-hybridized carbons (Fsp3) is 0.600. The summed E-state index contributed by atoms with van der Waals surface area (Å²) in [7, 11) is 0. The molecule has 0 atom stereocenters. The lowest BCUT2D eigenvalue weighted by atomic mass is 10.2. The molecule has 2 aliphatic rings. The lowest BCUT2D eigenvalue weighted by Gasteiger charge is -2.08. The van der Waals surface area contributed by atoms with Crippen LogP contribution in [-0.2, 0) is 12.8 Å². The van der Waals surface area contributed by atoms with E-state index in [4.69, 9.17) is 5.84 Å². The first-order chi connectivity index (χ1) is 6.88. The predicted molar refractivity (Wildman–Crippen MR) is 53.8 cm³/mol. The number of fused-ring (bicyclic) bond motifs is 1. The summed E-state index contributed by atoms with van der Waals surface area (Å²) in [4.78, 5) is 9.09. The standard InChI is InChI=1S/C10H14N4/c11-14-10-7-2-1-3-8(7)12-9(13-10)6-4-5-6/h6H,1-5,11H2,(H,12,13,14). The van der Waals surface area contributed by atoms with E-state index in [1.807, 2.05) is 0 Å². The number of nitrogens with zero attached hydrogens (tertiary/aromatic N) is 2. The molecule has 0 radical (unpaired) electrons. The Balaban J connectivity index is 2.08. The van der Waals surface area contributed by atoms with Crippen molar-refractivity contribution < 1.29 is 0 Å². The Bertz CT molecular complexity index is 371. The number of nitrogens with two attached hydrogens (primary N) is 1. The highest BCUT2D eigenvalue weighted by molar-refractivity contribution is 5.48. The van der Waals surface area contributed by atoms with Gasteiger partial charge in [0, 0.05) is 17.2 Å². The molecule has 0 aliphatic heterocycles. The molecule has 1 aromatic rings. The van der Waals surface area contributed by atoms with E-state index in [-0.39, 0.29) is 0 Å². The second-order valence-corrected chi connectivity index (χ2v) is 4.13. The van der Waals surface area contributed by atoms with Crippen molar-refractivity contribution in [2.75, 3.05) is 5.43 Å². The minimum atomic E-state index is 0.605. The highest BCUT2D eigenvalue weighted by Crippen LogP contribution is 2.39. The monoisotopic (exact) mass is 190 g/mol. The molecular weight excluding hydrogens is 176 g/mol. The quantitative estimate of drug-likeness (QED) is 0.542. The van der Waals surface area contributed by atoms with Gasteiger partial charge in [-0.05, 0) is 32.1 Å². The van der Waals surface area contributed by atoms with E-state index >= 15 is 0 Å². The van der Waals surface area contributed by atoms with Crippen LogP contribution in [0.2, 0.25) is 0 Å². The maximum Gasteiger partial charge on any atom is 0.147 e. The van der Waals surface area contributed by atoms with Gasteiger partial charge in [0.15, 0.2) is 0 Å². The molecule has 1 aromatic heterocycles. The van der Waals surface area contributed by atoms with E-state index in [9.17, 15) is 0 Å². The first-order valence-corrected chi connectivity index (χ1v) is 5.25. The number of nitrogens with one attached hydrogen (secondary N) is 1. The maximum atomic E-state index is 5.47. The average Bonchev–Trinajstić information content (AvgIpc) is 2.95. The van der Waals surface area contributed by atoms with Gasteiger partial charge < -0.3 is 5.43 Å². The van der Waals surface area contributed by atoms with E-state index in [0.29, 0.717) is 5.92 Å². The zero-order valence-electron chi connectivity index (χ0n) is 8.08. The number of aryl methyl sites for hydroxylation is 1. The number of hydrazine groups is 1. The molecule has 3 N–H and O–H groups in total. The number of anilines is 1. The number of aromatic nitrogens is 2. The topological polar surface area (TPSA) is 63.8 Å². The van der Waals surface area contributed by atoms with Gasteiger partial charge in [-0.3, -0.25) is 0 Å². The summed E-state index contributed by atoms with van der Waals surface area (Å²) in [6.07, 6.45) is 5.82. The molecule has 2 aliphatic carbocycles. The van der Waals surface area contributed by atoms with Crippen LogP contribution < -0.4 is 11.3 Å². The summed E-state index contributed by atoms with van der Waals surface area (Å²) in [6.45, 7) is 0. The van der Waals surface area contributed by atoms with Gasteiger partial charge in [-0.25, -0.2) is 15.8 Å². The summed E-state index contributed by atoms with van der Waals surface area (Å²) >= 11 is 0. The van der Waals surface area contributed by atoms with Gasteiger partial charge in [-0.15, -0.1) is 0 Å². The van der Waals surface area contributed by atoms with Gasteiger partial charge in [0.05, 0.1) is 0 Å². The van der Waals surface area contributed by atoms with Crippen molar-refractivity contribution in [1.82, 2.24) is 9.97 Å². The van der Waals surface area contributed by atoms with Crippen LogP contribution in [0.4, 0.5) is 5.82 Å². The number of nitrogen functional groups attached to an aromatic ring is 1.